The number of rotatable bonds is 5. The lowest BCUT2D eigenvalue weighted by atomic mass is 10.0. The third-order valence-corrected chi connectivity index (χ3v) is 5.15. The quantitative estimate of drug-likeness (QED) is 0.646. The number of nitrogens with zero attached hydrogens (tertiary/aromatic N) is 5. The van der Waals surface area contributed by atoms with Crippen LogP contribution in [0.5, 0.6) is 0 Å². The third-order valence-electron chi connectivity index (χ3n) is 5.15. The van der Waals surface area contributed by atoms with Gasteiger partial charge in [-0.25, -0.2) is 9.50 Å². The number of halogens is 3. The third kappa shape index (κ3) is 4.23. The van der Waals surface area contributed by atoms with Gasteiger partial charge in [-0.15, -0.1) is 5.10 Å². The van der Waals surface area contributed by atoms with Crippen LogP contribution in [0.15, 0.2) is 30.3 Å². The van der Waals surface area contributed by atoms with Crippen molar-refractivity contribution < 1.29 is 18.0 Å². The van der Waals surface area contributed by atoms with E-state index in [4.69, 9.17) is 0 Å². The standard InChI is InChI=1S/C20H22F3N5O/c1-12-16(14(3)28-19(24-12)25-18(26-28)20(21,22)23)10-11-17(29)27(4)13(2)15-8-6-5-7-9-15/h5-9,13H,10-11H2,1-4H3/t13-/m1/s1. The molecule has 0 aliphatic carbocycles. The molecule has 154 valence electrons. The summed E-state index contributed by atoms with van der Waals surface area (Å²) in [5, 5.41) is 3.54. The number of alkyl halides is 3. The van der Waals surface area contributed by atoms with Gasteiger partial charge in [0.1, 0.15) is 0 Å². The molecule has 3 rings (SSSR count). The first-order valence-corrected chi connectivity index (χ1v) is 9.20. The number of hydrogen-bond acceptors (Lipinski definition) is 4. The van der Waals surface area contributed by atoms with Gasteiger partial charge in [0.2, 0.25) is 5.91 Å². The van der Waals surface area contributed by atoms with Crippen molar-refractivity contribution in [3.05, 3.63) is 58.7 Å². The van der Waals surface area contributed by atoms with Crippen LogP contribution >= 0.6 is 0 Å². The molecular weight excluding hydrogens is 383 g/mol. The summed E-state index contributed by atoms with van der Waals surface area (Å²) in [5.74, 6) is -1.39. The number of aromatic nitrogens is 4. The summed E-state index contributed by atoms with van der Waals surface area (Å²) in [7, 11) is 1.74. The van der Waals surface area contributed by atoms with Crippen molar-refractivity contribution in [2.45, 2.75) is 45.8 Å². The topological polar surface area (TPSA) is 63.4 Å². The van der Waals surface area contributed by atoms with Crippen LogP contribution < -0.4 is 0 Å². The lowest BCUT2D eigenvalue weighted by Crippen LogP contribution is -2.30. The molecule has 0 spiro atoms. The highest BCUT2D eigenvalue weighted by atomic mass is 19.4. The number of aryl methyl sites for hydroxylation is 2. The van der Waals surface area contributed by atoms with Gasteiger partial charge in [0.05, 0.1) is 6.04 Å². The highest BCUT2D eigenvalue weighted by Crippen LogP contribution is 2.27. The van der Waals surface area contributed by atoms with Crippen LogP contribution in [-0.2, 0) is 17.4 Å². The van der Waals surface area contributed by atoms with Gasteiger partial charge in [0.15, 0.2) is 0 Å². The fourth-order valence-electron chi connectivity index (χ4n) is 3.27. The van der Waals surface area contributed by atoms with Gasteiger partial charge >= 0.3 is 6.18 Å². The van der Waals surface area contributed by atoms with E-state index in [2.05, 4.69) is 15.1 Å². The minimum Gasteiger partial charge on any atom is -0.339 e. The molecule has 1 atom stereocenters. The second kappa shape index (κ2) is 7.81. The molecule has 0 bridgehead atoms. The molecule has 2 aromatic heterocycles. The average Bonchev–Trinajstić information content (AvgIpc) is 3.11. The second-order valence-corrected chi connectivity index (χ2v) is 7.00. The predicted octanol–water partition coefficient (Wildman–Crippen LogP) is 3.91. The molecule has 1 aromatic carbocycles. The fourth-order valence-corrected chi connectivity index (χ4v) is 3.27. The van der Waals surface area contributed by atoms with Crippen LogP contribution in [0.4, 0.5) is 13.2 Å². The molecule has 6 nitrogen and oxygen atoms in total. The zero-order valence-electron chi connectivity index (χ0n) is 16.7. The Hall–Kier alpha value is -2.97. The van der Waals surface area contributed by atoms with E-state index in [-0.39, 0.29) is 24.1 Å². The van der Waals surface area contributed by atoms with E-state index in [0.29, 0.717) is 23.4 Å². The summed E-state index contributed by atoms with van der Waals surface area (Å²) in [6.45, 7) is 5.31. The number of hydrogen-bond donors (Lipinski definition) is 0. The predicted molar refractivity (Wildman–Crippen MR) is 101 cm³/mol. The zero-order chi connectivity index (χ0) is 21.3. The van der Waals surface area contributed by atoms with Crippen molar-refractivity contribution in [3.8, 4) is 0 Å². The Morgan fingerprint density at radius 2 is 1.83 bits per heavy atom. The van der Waals surface area contributed by atoms with E-state index in [1.54, 1.807) is 25.8 Å². The molecular formula is C20H22F3N5O. The van der Waals surface area contributed by atoms with Crippen molar-refractivity contribution in [1.82, 2.24) is 24.5 Å². The van der Waals surface area contributed by atoms with Gasteiger partial charge in [-0.1, -0.05) is 30.3 Å². The molecule has 0 N–H and O–H groups in total. The molecule has 9 heteroatoms. The molecule has 1 amide bonds. The van der Waals surface area contributed by atoms with E-state index >= 15 is 0 Å². The molecule has 0 saturated carbocycles. The Labute approximate surface area is 166 Å². The number of carbonyl (C=O) groups is 1. The summed E-state index contributed by atoms with van der Waals surface area (Å²) in [6.07, 6.45) is -4.07. The van der Waals surface area contributed by atoms with Crippen molar-refractivity contribution in [1.29, 1.82) is 0 Å². The molecule has 3 aromatic rings. The first kappa shape index (κ1) is 20.8. The van der Waals surface area contributed by atoms with Gasteiger partial charge in [-0.2, -0.15) is 18.2 Å². The van der Waals surface area contributed by atoms with Gasteiger partial charge < -0.3 is 4.90 Å². The lowest BCUT2D eigenvalue weighted by molar-refractivity contribution is -0.144. The molecule has 0 saturated heterocycles. The molecule has 0 radical (unpaired) electrons. The smallest absolute Gasteiger partial charge is 0.339 e. The summed E-state index contributed by atoms with van der Waals surface area (Å²) in [6, 6.07) is 9.60. The largest absolute Gasteiger partial charge is 0.453 e. The number of benzene rings is 1. The number of amides is 1. The molecule has 2 heterocycles. The van der Waals surface area contributed by atoms with E-state index in [1.165, 1.54) is 0 Å². The summed E-state index contributed by atoms with van der Waals surface area (Å²) in [5.41, 5.74) is 2.77. The summed E-state index contributed by atoms with van der Waals surface area (Å²) >= 11 is 0. The molecule has 0 aliphatic rings. The zero-order valence-corrected chi connectivity index (χ0v) is 16.7. The average molecular weight is 405 g/mol. The van der Waals surface area contributed by atoms with Gasteiger partial charge in [0.25, 0.3) is 11.6 Å². The van der Waals surface area contributed by atoms with Crippen LogP contribution in [0.3, 0.4) is 0 Å². The highest BCUT2D eigenvalue weighted by molar-refractivity contribution is 5.76. The van der Waals surface area contributed by atoms with Crippen LogP contribution in [0.1, 0.15) is 47.7 Å². The number of fused-ring (bicyclic) bond motifs is 1. The fraction of sp³-hybridized carbons (Fsp3) is 0.400. The maximum absolute atomic E-state index is 12.9. The molecule has 29 heavy (non-hydrogen) atoms. The Bertz CT molecular complexity index is 1030. The van der Waals surface area contributed by atoms with Crippen LogP contribution in [0.25, 0.3) is 5.78 Å². The Kier molecular flexibility index (Phi) is 5.59. The first-order chi connectivity index (χ1) is 13.6. The minimum atomic E-state index is -4.64. The molecule has 0 unspecified atom stereocenters. The summed E-state index contributed by atoms with van der Waals surface area (Å²) < 4.78 is 39.8. The Morgan fingerprint density at radius 1 is 1.17 bits per heavy atom. The normalized spacial score (nSPS) is 12.9. The lowest BCUT2D eigenvalue weighted by Gasteiger charge is -2.25. The SMILES string of the molecule is Cc1nc2nc(C(F)(F)F)nn2c(C)c1CCC(=O)N(C)[C@H](C)c1ccccc1. The van der Waals surface area contributed by atoms with E-state index in [1.807, 2.05) is 37.3 Å². The van der Waals surface area contributed by atoms with Crippen LogP contribution in [0.2, 0.25) is 0 Å². The van der Waals surface area contributed by atoms with E-state index in [9.17, 15) is 18.0 Å². The maximum atomic E-state index is 12.9. The van der Waals surface area contributed by atoms with Gasteiger partial charge in [0, 0.05) is 24.9 Å². The molecule has 0 fully saturated rings. The maximum Gasteiger partial charge on any atom is 0.453 e. The van der Waals surface area contributed by atoms with E-state index in [0.717, 1.165) is 10.1 Å². The van der Waals surface area contributed by atoms with Crippen LogP contribution in [-0.4, -0.2) is 37.4 Å². The van der Waals surface area contributed by atoms with Crippen molar-refractivity contribution >= 4 is 11.7 Å². The van der Waals surface area contributed by atoms with E-state index < -0.39 is 12.0 Å². The Balaban J connectivity index is 1.78. The summed E-state index contributed by atoms with van der Waals surface area (Å²) in [4.78, 5) is 22.0. The number of carbonyl (C=O) groups excluding carboxylic acids is 1. The van der Waals surface area contributed by atoms with Crippen LogP contribution in [0, 0.1) is 13.8 Å². The van der Waals surface area contributed by atoms with Crippen molar-refractivity contribution in [2.24, 2.45) is 0 Å². The highest BCUT2D eigenvalue weighted by Gasteiger charge is 2.37. The molecule has 0 aliphatic heterocycles. The first-order valence-electron chi connectivity index (χ1n) is 9.20. The monoisotopic (exact) mass is 405 g/mol. The van der Waals surface area contributed by atoms with Gasteiger partial charge in [-0.3, -0.25) is 4.79 Å². The second-order valence-electron chi connectivity index (χ2n) is 7.00. The minimum absolute atomic E-state index is 0.0604. The van der Waals surface area contributed by atoms with Crippen molar-refractivity contribution in [3.63, 3.8) is 0 Å². The van der Waals surface area contributed by atoms with Crippen molar-refractivity contribution in [2.75, 3.05) is 7.05 Å². The Morgan fingerprint density at radius 3 is 2.45 bits per heavy atom. The van der Waals surface area contributed by atoms with Gasteiger partial charge in [-0.05, 0) is 38.3 Å².